The first-order chi connectivity index (χ1) is 9.45. The zero-order chi connectivity index (χ0) is 14.8. The molecular weight excluding hydrogens is 306 g/mol. The number of anilines is 1. The van der Waals surface area contributed by atoms with Crippen molar-refractivity contribution in [2.45, 2.75) is 11.4 Å². The van der Waals surface area contributed by atoms with Crippen LogP contribution >= 0.6 is 11.3 Å². The van der Waals surface area contributed by atoms with Crippen molar-refractivity contribution in [1.82, 2.24) is 5.32 Å². The Kier molecular flexibility index (Phi) is 4.36. The second-order valence-corrected chi connectivity index (χ2v) is 6.59. The molecule has 0 bridgehead atoms. The largest absolute Gasteiger partial charge is 0.315 e. The van der Waals surface area contributed by atoms with Gasteiger partial charge in [-0.2, -0.15) is 0 Å². The van der Waals surface area contributed by atoms with Gasteiger partial charge in [-0.3, -0.25) is 4.72 Å². The van der Waals surface area contributed by atoms with E-state index in [9.17, 15) is 17.2 Å². The molecule has 0 spiro atoms. The van der Waals surface area contributed by atoms with Gasteiger partial charge in [-0.25, -0.2) is 17.2 Å². The molecule has 1 heterocycles. The van der Waals surface area contributed by atoms with Crippen LogP contribution < -0.4 is 10.0 Å². The molecule has 0 fully saturated rings. The average Bonchev–Trinajstić information content (AvgIpc) is 2.84. The summed E-state index contributed by atoms with van der Waals surface area (Å²) in [5, 5.41) is 4.45. The fourth-order valence-electron chi connectivity index (χ4n) is 1.64. The van der Waals surface area contributed by atoms with Crippen LogP contribution in [0.5, 0.6) is 0 Å². The van der Waals surface area contributed by atoms with E-state index in [4.69, 9.17) is 0 Å². The number of para-hydroxylation sites is 1. The third kappa shape index (κ3) is 2.97. The van der Waals surface area contributed by atoms with Gasteiger partial charge in [0.15, 0.2) is 0 Å². The number of nitrogens with one attached hydrogen (secondary N) is 2. The Morgan fingerprint density at radius 2 is 1.85 bits per heavy atom. The number of hydrogen-bond acceptors (Lipinski definition) is 4. The molecule has 0 unspecified atom stereocenters. The van der Waals surface area contributed by atoms with Crippen LogP contribution in [-0.2, 0) is 16.6 Å². The van der Waals surface area contributed by atoms with Gasteiger partial charge in [-0.1, -0.05) is 6.07 Å². The maximum absolute atomic E-state index is 13.5. The zero-order valence-corrected chi connectivity index (χ0v) is 12.1. The van der Waals surface area contributed by atoms with Crippen molar-refractivity contribution in [3.63, 3.8) is 0 Å². The summed E-state index contributed by atoms with van der Waals surface area (Å²) in [4.78, 5) is 0.580. The maximum Gasteiger partial charge on any atom is 0.263 e. The van der Waals surface area contributed by atoms with E-state index in [1.807, 2.05) is 4.72 Å². The minimum absolute atomic E-state index is 0.0134. The molecule has 2 N–H and O–H groups in total. The molecule has 2 rings (SSSR count). The van der Waals surface area contributed by atoms with Gasteiger partial charge in [0.1, 0.15) is 22.2 Å². The Hall–Kier alpha value is -1.51. The predicted octanol–water partition coefficient (Wildman–Crippen LogP) is 2.55. The molecule has 108 valence electrons. The fraction of sp³-hybridized carbons (Fsp3) is 0.167. The van der Waals surface area contributed by atoms with Crippen molar-refractivity contribution < 1.29 is 17.2 Å². The van der Waals surface area contributed by atoms with Gasteiger partial charge >= 0.3 is 0 Å². The van der Waals surface area contributed by atoms with Gasteiger partial charge in [-0.15, -0.1) is 11.3 Å². The summed E-state index contributed by atoms with van der Waals surface area (Å²) in [5.74, 6) is -1.92. The minimum Gasteiger partial charge on any atom is -0.315 e. The molecule has 0 saturated carbocycles. The fourth-order valence-corrected chi connectivity index (χ4v) is 4.18. The number of benzene rings is 1. The lowest BCUT2D eigenvalue weighted by molar-refractivity contribution is 0.582. The monoisotopic (exact) mass is 318 g/mol. The Morgan fingerprint density at radius 3 is 2.45 bits per heavy atom. The number of thiophene rings is 1. The number of rotatable bonds is 5. The summed E-state index contributed by atoms with van der Waals surface area (Å²) in [5.41, 5.74) is -0.672. The van der Waals surface area contributed by atoms with Crippen LogP contribution in [0.2, 0.25) is 0 Å². The summed E-state index contributed by atoms with van der Waals surface area (Å²) in [7, 11) is -2.35. The van der Waals surface area contributed by atoms with Crippen LogP contribution in [0.15, 0.2) is 34.5 Å². The van der Waals surface area contributed by atoms with Crippen LogP contribution in [0.3, 0.4) is 0 Å². The lowest BCUT2D eigenvalue weighted by atomic mass is 10.3. The third-order valence-corrected chi connectivity index (χ3v) is 5.02. The van der Waals surface area contributed by atoms with E-state index < -0.39 is 27.3 Å². The van der Waals surface area contributed by atoms with Crippen molar-refractivity contribution in [3.05, 3.63) is 46.2 Å². The topological polar surface area (TPSA) is 58.2 Å². The number of hydrogen-bond donors (Lipinski definition) is 2. The van der Waals surface area contributed by atoms with Crippen molar-refractivity contribution in [3.8, 4) is 0 Å². The maximum atomic E-state index is 13.5. The molecule has 8 heteroatoms. The zero-order valence-electron chi connectivity index (χ0n) is 10.5. The first-order valence-corrected chi connectivity index (χ1v) is 8.00. The van der Waals surface area contributed by atoms with E-state index in [-0.39, 0.29) is 4.90 Å². The van der Waals surface area contributed by atoms with Gasteiger partial charge in [0, 0.05) is 11.4 Å². The van der Waals surface area contributed by atoms with E-state index in [0.717, 1.165) is 12.1 Å². The number of halogens is 2. The van der Waals surface area contributed by atoms with Crippen molar-refractivity contribution in [2.24, 2.45) is 0 Å². The van der Waals surface area contributed by atoms with Crippen LogP contribution in [0.1, 0.15) is 4.88 Å². The van der Waals surface area contributed by atoms with Crippen LogP contribution in [-0.4, -0.2) is 15.5 Å². The normalized spacial score (nSPS) is 11.6. The molecule has 1 aromatic heterocycles. The summed E-state index contributed by atoms with van der Waals surface area (Å²) in [6.45, 7) is 0.355. The molecule has 0 aliphatic carbocycles. The highest BCUT2D eigenvalue weighted by Gasteiger charge is 2.22. The summed E-state index contributed by atoms with van der Waals surface area (Å²) in [6.07, 6.45) is 0. The standard InChI is InChI=1S/C12H12F2N2O2S2/c1-15-7-10-11(5-6-19-10)20(17,18)16-12-8(13)3-2-4-9(12)14/h2-6,15-16H,7H2,1H3. The molecule has 20 heavy (non-hydrogen) atoms. The van der Waals surface area contributed by atoms with Crippen LogP contribution in [0, 0.1) is 11.6 Å². The Bertz CT molecular complexity index is 694. The van der Waals surface area contributed by atoms with Crippen LogP contribution in [0.25, 0.3) is 0 Å². The van der Waals surface area contributed by atoms with Gasteiger partial charge in [-0.05, 0) is 30.6 Å². The molecule has 2 aromatic rings. The summed E-state index contributed by atoms with van der Waals surface area (Å²) in [6, 6.07) is 4.55. The first kappa shape index (κ1) is 14.9. The lowest BCUT2D eigenvalue weighted by Gasteiger charge is -2.10. The smallest absolute Gasteiger partial charge is 0.263 e. The highest BCUT2D eigenvalue weighted by molar-refractivity contribution is 7.93. The molecule has 1 aromatic carbocycles. The Labute approximate surface area is 119 Å². The molecule has 0 radical (unpaired) electrons. The SMILES string of the molecule is CNCc1sccc1S(=O)(=O)Nc1c(F)cccc1F. The summed E-state index contributed by atoms with van der Waals surface area (Å²) >= 11 is 1.25. The molecule has 4 nitrogen and oxygen atoms in total. The minimum atomic E-state index is -4.03. The van der Waals surface area contributed by atoms with Crippen LogP contribution in [0.4, 0.5) is 14.5 Å². The first-order valence-electron chi connectivity index (χ1n) is 5.63. The highest BCUT2D eigenvalue weighted by Crippen LogP contribution is 2.26. The van der Waals surface area contributed by atoms with E-state index in [1.165, 1.54) is 23.5 Å². The van der Waals surface area contributed by atoms with Gasteiger partial charge in [0.25, 0.3) is 10.0 Å². The highest BCUT2D eigenvalue weighted by atomic mass is 32.2. The molecule has 0 aliphatic rings. The van der Waals surface area contributed by atoms with Gasteiger partial charge in [0.2, 0.25) is 0 Å². The van der Waals surface area contributed by atoms with Crippen molar-refractivity contribution >= 4 is 27.0 Å². The van der Waals surface area contributed by atoms with E-state index >= 15 is 0 Å². The van der Waals surface area contributed by atoms with E-state index in [0.29, 0.717) is 11.4 Å². The molecule has 0 amide bonds. The predicted molar refractivity (Wildman–Crippen MR) is 74.2 cm³/mol. The summed E-state index contributed by atoms with van der Waals surface area (Å²) < 4.78 is 53.3. The Morgan fingerprint density at radius 1 is 1.20 bits per heavy atom. The molecule has 0 saturated heterocycles. The van der Waals surface area contributed by atoms with Gasteiger partial charge < -0.3 is 5.32 Å². The van der Waals surface area contributed by atoms with Gasteiger partial charge in [0.05, 0.1) is 0 Å². The second-order valence-electron chi connectivity index (χ2n) is 3.94. The average molecular weight is 318 g/mol. The van der Waals surface area contributed by atoms with Crippen molar-refractivity contribution in [2.75, 3.05) is 11.8 Å². The van der Waals surface area contributed by atoms with Crippen molar-refractivity contribution in [1.29, 1.82) is 0 Å². The Balaban J connectivity index is 2.39. The van der Waals surface area contributed by atoms with E-state index in [1.54, 1.807) is 12.4 Å². The molecular formula is C12H12F2N2O2S2. The van der Waals surface area contributed by atoms with E-state index in [2.05, 4.69) is 5.32 Å². The molecule has 0 aliphatic heterocycles. The molecule has 0 atom stereocenters. The quantitative estimate of drug-likeness (QED) is 0.891. The number of sulfonamides is 1. The third-order valence-electron chi connectivity index (χ3n) is 2.53. The second kappa shape index (κ2) is 5.86. The lowest BCUT2D eigenvalue weighted by Crippen LogP contribution is -2.17.